The lowest BCUT2D eigenvalue weighted by atomic mass is 9.96. The first kappa shape index (κ1) is 25.0. The normalized spacial score (nSPS) is 21.7. The third-order valence-electron chi connectivity index (χ3n) is 7.58. The molecule has 0 spiro atoms. The number of hydrogen-bond acceptors (Lipinski definition) is 7. The number of nitrogens with zero attached hydrogens (tertiary/aromatic N) is 5. The average Bonchev–Trinajstić information content (AvgIpc) is 3.22. The molecule has 37 heavy (non-hydrogen) atoms. The Kier molecular flexibility index (Phi) is 6.28. The molecule has 4 heterocycles. The van der Waals surface area contributed by atoms with E-state index < -0.39 is 6.29 Å². The van der Waals surface area contributed by atoms with Crippen molar-refractivity contribution in [2.75, 3.05) is 18.0 Å². The number of aryl methyl sites for hydroxylation is 1. The quantitative estimate of drug-likeness (QED) is 0.498. The minimum atomic E-state index is -3.65. The number of anilines is 1. The molecule has 0 aliphatic carbocycles. The van der Waals surface area contributed by atoms with Crippen molar-refractivity contribution in [1.29, 1.82) is 5.26 Å². The van der Waals surface area contributed by atoms with Crippen molar-refractivity contribution in [3.05, 3.63) is 58.0 Å². The van der Waals surface area contributed by atoms with Crippen molar-refractivity contribution in [3.8, 4) is 17.6 Å². The second-order valence-electron chi connectivity index (χ2n) is 9.63. The van der Waals surface area contributed by atoms with Crippen LogP contribution < -0.4 is 19.9 Å². The van der Waals surface area contributed by atoms with Gasteiger partial charge in [-0.05, 0) is 49.6 Å². The fourth-order valence-electron chi connectivity index (χ4n) is 5.46. The smallest absolute Gasteiger partial charge is 0.395 e. The van der Waals surface area contributed by atoms with Crippen molar-refractivity contribution in [1.82, 2.24) is 14.5 Å². The van der Waals surface area contributed by atoms with Crippen LogP contribution in [-0.4, -0.2) is 45.9 Å². The Morgan fingerprint density at radius 3 is 2.54 bits per heavy atom. The highest BCUT2D eigenvalue weighted by Crippen LogP contribution is 2.43. The third kappa shape index (κ3) is 4.37. The highest BCUT2D eigenvalue weighted by molar-refractivity contribution is 5.89. The second-order valence-corrected chi connectivity index (χ2v) is 9.63. The molecule has 0 bridgehead atoms. The Morgan fingerprint density at radius 2 is 1.84 bits per heavy atom. The summed E-state index contributed by atoms with van der Waals surface area (Å²) in [7, 11) is 1.70. The van der Waals surface area contributed by atoms with Gasteiger partial charge in [0.15, 0.2) is 11.5 Å². The molecular weight excluding hydrogens is 480 g/mol. The molecule has 1 fully saturated rings. The highest BCUT2D eigenvalue weighted by Gasteiger charge is 2.44. The number of fused-ring (bicyclic) bond motifs is 2. The third-order valence-corrected chi connectivity index (χ3v) is 7.58. The molecule has 0 N–H and O–H groups in total. The van der Waals surface area contributed by atoms with E-state index in [0.717, 1.165) is 24.1 Å². The van der Waals surface area contributed by atoms with E-state index in [4.69, 9.17) is 0 Å². The Hall–Kier alpha value is -3.71. The SMILES string of the molecule is CCC1CN(c2cc(=O)n(C)c3ccc(C#N)nc23)[C@@H](CC)CN1C(C)c1ccc2c(c1)OC(F)(F)O2. The average molecular weight is 510 g/mol. The van der Waals surface area contributed by atoms with Crippen LogP contribution in [0.5, 0.6) is 11.5 Å². The minimum Gasteiger partial charge on any atom is -0.395 e. The first-order valence-electron chi connectivity index (χ1n) is 12.5. The Balaban J connectivity index is 1.50. The zero-order valence-electron chi connectivity index (χ0n) is 21.2. The van der Waals surface area contributed by atoms with E-state index in [1.807, 2.05) is 0 Å². The molecule has 3 atom stereocenters. The number of nitriles is 1. The van der Waals surface area contributed by atoms with Crippen molar-refractivity contribution in [2.45, 2.75) is 58.0 Å². The van der Waals surface area contributed by atoms with Gasteiger partial charge in [0, 0.05) is 44.3 Å². The van der Waals surface area contributed by atoms with Gasteiger partial charge in [-0.1, -0.05) is 19.9 Å². The fraction of sp³-hybridized carbons (Fsp3) is 0.444. The molecule has 2 aliphatic heterocycles. The largest absolute Gasteiger partial charge is 0.586 e. The van der Waals surface area contributed by atoms with Crippen LogP contribution in [0.1, 0.15) is 50.9 Å². The van der Waals surface area contributed by atoms with Crippen LogP contribution >= 0.6 is 0 Å². The van der Waals surface area contributed by atoms with E-state index in [0.29, 0.717) is 29.8 Å². The monoisotopic (exact) mass is 509 g/mol. The van der Waals surface area contributed by atoms with E-state index in [9.17, 15) is 18.8 Å². The molecule has 5 rings (SSSR count). The maximum atomic E-state index is 13.5. The molecule has 8 nitrogen and oxygen atoms in total. The number of rotatable bonds is 5. The lowest BCUT2D eigenvalue weighted by Gasteiger charge is -2.49. The lowest BCUT2D eigenvalue weighted by Crippen LogP contribution is -2.58. The number of piperazine rings is 1. The number of pyridine rings is 2. The van der Waals surface area contributed by atoms with Crippen molar-refractivity contribution in [3.63, 3.8) is 0 Å². The van der Waals surface area contributed by atoms with Gasteiger partial charge in [-0.3, -0.25) is 9.69 Å². The van der Waals surface area contributed by atoms with Gasteiger partial charge in [0.05, 0.1) is 11.2 Å². The zero-order chi connectivity index (χ0) is 26.5. The van der Waals surface area contributed by atoms with Gasteiger partial charge >= 0.3 is 6.29 Å². The molecule has 3 aromatic rings. The van der Waals surface area contributed by atoms with Gasteiger partial charge in [0.2, 0.25) is 0 Å². The van der Waals surface area contributed by atoms with Crippen LogP contribution in [-0.2, 0) is 7.05 Å². The summed E-state index contributed by atoms with van der Waals surface area (Å²) < 4.78 is 37.9. The van der Waals surface area contributed by atoms with Gasteiger partial charge in [-0.25, -0.2) is 4.98 Å². The molecule has 1 aromatic carbocycles. The van der Waals surface area contributed by atoms with E-state index >= 15 is 0 Å². The predicted octanol–water partition coefficient (Wildman–Crippen LogP) is 4.57. The van der Waals surface area contributed by atoms with Crippen molar-refractivity contribution >= 4 is 16.7 Å². The van der Waals surface area contributed by atoms with Crippen molar-refractivity contribution < 1.29 is 18.3 Å². The number of alkyl halides is 2. The Morgan fingerprint density at radius 1 is 1.11 bits per heavy atom. The maximum Gasteiger partial charge on any atom is 0.586 e. The number of aromatic nitrogens is 2. The summed E-state index contributed by atoms with van der Waals surface area (Å²) in [6.45, 7) is 7.64. The number of hydrogen-bond donors (Lipinski definition) is 0. The summed E-state index contributed by atoms with van der Waals surface area (Å²) in [5.74, 6) is 0.0741. The lowest BCUT2D eigenvalue weighted by molar-refractivity contribution is -0.286. The molecule has 2 aromatic heterocycles. The van der Waals surface area contributed by atoms with Gasteiger partial charge in [-0.15, -0.1) is 8.78 Å². The summed E-state index contributed by atoms with van der Waals surface area (Å²) in [5, 5.41) is 9.43. The Bertz CT molecular complexity index is 1450. The molecule has 0 amide bonds. The van der Waals surface area contributed by atoms with Gasteiger partial charge in [-0.2, -0.15) is 5.26 Å². The van der Waals surface area contributed by atoms with Crippen LogP contribution in [0.3, 0.4) is 0 Å². The second kappa shape index (κ2) is 9.30. The number of ether oxygens (including phenoxy) is 2. The van der Waals surface area contributed by atoms with Crippen LogP contribution in [0, 0.1) is 11.3 Å². The van der Waals surface area contributed by atoms with E-state index in [1.165, 1.54) is 6.07 Å². The molecule has 1 saturated heterocycles. The molecular formula is C27H29F2N5O3. The summed E-state index contributed by atoms with van der Waals surface area (Å²) >= 11 is 0. The summed E-state index contributed by atoms with van der Waals surface area (Å²) in [6.07, 6.45) is -1.98. The van der Waals surface area contributed by atoms with Crippen LogP contribution in [0.15, 0.2) is 41.2 Å². The van der Waals surface area contributed by atoms with Crippen molar-refractivity contribution in [2.24, 2.45) is 7.05 Å². The number of halogens is 2. The molecule has 2 unspecified atom stereocenters. The molecule has 0 saturated carbocycles. The maximum absolute atomic E-state index is 13.5. The summed E-state index contributed by atoms with van der Waals surface area (Å²) in [4.78, 5) is 22.1. The summed E-state index contributed by atoms with van der Waals surface area (Å²) in [6, 6.07) is 12.2. The standard InChI is InChI=1S/C27H29F2N5O3/c1-5-19-15-34(22-12-25(35)32(4)21-9-8-18(13-30)31-26(21)22)20(6-2)14-33(19)16(3)17-7-10-23-24(11-17)37-27(28,29)36-23/h7-12,16,19-20H,5-6,14-15H2,1-4H3/t16?,19?,20-/m0/s1. The fourth-order valence-corrected chi connectivity index (χ4v) is 5.46. The molecule has 10 heteroatoms. The van der Waals surface area contributed by atoms with E-state index in [2.05, 4.69) is 51.1 Å². The molecule has 194 valence electrons. The predicted molar refractivity (Wildman–Crippen MR) is 135 cm³/mol. The molecule has 0 radical (unpaired) electrons. The van der Waals surface area contributed by atoms with Gasteiger partial charge in [0.1, 0.15) is 17.3 Å². The first-order valence-corrected chi connectivity index (χ1v) is 12.5. The Labute approximate surface area is 213 Å². The van der Waals surface area contributed by atoms with Crippen LogP contribution in [0.25, 0.3) is 11.0 Å². The van der Waals surface area contributed by atoms with Crippen LogP contribution in [0.2, 0.25) is 0 Å². The summed E-state index contributed by atoms with van der Waals surface area (Å²) in [5.41, 5.74) is 3.07. The van der Waals surface area contributed by atoms with Gasteiger partial charge in [0.25, 0.3) is 5.56 Å². The van der Waals surface area contributed by atoms with E-state index in [1.54, 1.807) is 41.9 Å². The van der Waals surface area contributed by atoms with E-state index in [-0.39, 0.29) is 35.2 Å². The first-order chi connectivity index (χ1) is 17.7. The number of benzene rings is 1. The zero-order valence-corrected chi connectivity index (χ0v) is 21.2. The minimum absolute atomic E-state index is 0.0334. The van der Waals surface area contributed by atoms with Gasteiger partial charge < -0.3 is 18.9 Å². The highest BCUT2D eigenvalue weighted by atomic mass is 19.3. The topological polar surface area (TPSA) is 83.6 Å². The van der Waals surface area contributed by atoms with Crippen LogP contribution in [0.4, 0.5) is 14.5 Å². The molecule has 2 aliphatic rings.